The summed E-state index contributed by atoms with van der Waals surface area (Å²) in [5.41, 5.74) is 10.3. The second-order valence-corrected chi connectivity index (χ2v) is 2.42. The lowest BCUT2D eigenvalue weighted by Crippen LogP contribution is -2.40. The van der Waals surface area contributed by atoms with Crippen molar-refractivity contribution in [1.82, 2.24) is 16.2 Å². The summed E-state index contributed by atoms with van der Waals surface area (Å²) in [7, 11) is 0. The van der Waals surface area contributed by atoms with Crippen molar-refractivity contribution < 1.29 is 0 Å². The molecule has 0 aromatic carbocycles. The van der Waals surface area contributed by atoms with Crippen LogP contribution < -0.4 is 21.9 Å². The predicted octanol–water partition coefficient (Wildman–Crippen LogP) is -0.0401. The number of nitrogens with two attached hydrogens (primary N) is 1. The number of hydrogen-bond donors (Lipinski definition) is 4. The maximum atomic E-state index is 5.04. The molecule has 74 valence electrons. The first-order chi connectivity index (χ1) is 5.68. The van der Waals surface area contributed by atoms with Crippen LogP contribution in [0.15, 0.2) is 0 Å². The SMILES string of the molecule is CCNCC.CCNNC(N)=S. The smallest absolute Gasteiger partial charge is 0.178 e. The van der Waals surface area contributed by atoms with Crippen LogP contribution in [0.5, 0.6) is 0 Å². The molecule has 0 aliphatic rings. The van der Waals surface area contributed by atoms with Crippen molar-refractivity contribution in [3.8, 4) is 0 Å². The van der Waals surface area contributed by atoms with Gasteiger partial charge in [-0.05, 0) is 25.3 Å². The molecule has 5 N–H and O–H groups in total. The fourth-order valence-electron chi connectivity index (χ4n) is 0.426. The number of hydrazine groups is 1. The molecular weight excluding hydrogens is 172 g/mol. The minimum absolute atomic E-state index is 0.279. The highest BCUT2D eigenvalue weighted by Gasteiger charge is 1.76. The summed E-state index contributed by atoms with van der Waals surface area (Å²) in [5.74, 6) is 0. The first-order valence-corrected chi connectivity index (χ1v) is 4.58. The molecule has 0 aliphatic heterocycles. The van der Waals surface area contributed by atoms with E-state index in [4.69, 9.17) is 5.73 Å². The van der Waals surface area contributed by atoms with Gasteiger partial charge in [0.1, 0.15) is 0 Å². The number of thiocarbonyl (C=S) groups is 1. The topological polar surface area (TPSA) is 62.1 Å². The number of hydrogen-bond acceptors (Lipinski definition) is 3. The average molecular weight is 192 g/mol. The van der Waals surface area contributed by atoms with Gasteiger partial charge in [0, 0.05) is 6.54 Å². The van der Waals surface area contributed by atoms with E-state index in [1.54, 1.807) is 0 Å². The third kappa shape index (κ3) is 22.6. The van der Waals surface area contributed by atoms with E-state index in [9.17, 15) is 0 Å². The highest BCUT2D eigenvalue weighted by Crippen LogP contribution is 1.49. The van der Waals surface area contributed by atoms with E-state index >= 15 is 0 Å². The van der Waals surface area contributed by atoms with Crippen LogP contribution in [0.25, 0.3) is 0 Å². The molecule has 0 aromatic rings. The van der Waals surface area contributed by atoms with E-state index < -0.39 is 0 Å². The van der Waals surface area contributed by atoms with E-state index in [1.165, 1.54) is 0 Å². The van der Waals surface area contributed by atoms with Gasteiger partial charge in [-0.15, -0.1) is 0 Å². The summed E-state index contributed by atoms with van der Waals surface area (Å²) in [5, 5.41) is 3.39. The first-order valence-electron chi connectivity index (χ1n) is 4.17. The first kappa shape index (κ1) is 14.2. The van der Waals surface area contributed by atoms with E-state index in [-0.39, 0.29) is 5.11 Å². The summed E-state index contributed by atoms with van der Waals surface area (Å²) in [6.07, 6.45) is 0. The quantitative estimate of drug-likeness (QED) is 0.372. The fourth-order valence-corrected chi connectivity index (χ4v) is 0.498. The van der Waals surface area contributed by atoms with Gasteiger partial charge in [-0.1, -0.05) is 20.8 Å². The maximum absolute atomic E-state index is 5.04. The van der Waals surface area contributed by atoms with Gasteiger partial charge in [-0.3, -0.25) is 5.43 Å². The molecule has 0 radical (unpaired) electrons. The Hall–Kier alpha value is -0.390. The molecule has 0 spiro atoms. The highest BCUT2D eigenvalue weighted by atomic mass is 32.1. The van der Waals surface area contributed by atoms with Crippen molar-refractivity contribution in [2.45, 2.75) is 20.8 Å². The summed E-state index contributed by atoms with van der Waals surface area (Å²) < 4.78 is 0. The molecular formula is C7H20N4S. The van der Waals surface area contributed by atoms with Gasteiger partial charge in [0.05, 0.1) is 0 Å². The summed E-state index contributed by atoms with van der Waals surface area (Å²) in [6, 6.07) is 0. The predicted molar refractivity (Wildman–Crippen MR) is 57.8 cm³/mol. The van der Waals surface area contributed by atoms with Gasteiger partial charge in [0.2, 0.25) is 0 Å². The van der Waals surface area contributed by atoms with Crippen molar-refractivity contribution in [1.29, 1.82) is 0 Å². The Balaban J connectivity index is 0. The zero-order chi connectivity index (χ0) is 9.82. The number of nitrogens with one attached hydrogen (secondary N) is 3. The molecule has 0 aliphatic carbocycles. The second-order valence-electron chi connectivity index (χ2n) is 1.98. The molecule has 0 amide bonds. The van der Waals surface area contributed by atoms with Crippen molar-refractivity contribution >= 4 is 17.3 Å². The molecule has 0 bridgehead atoms. The molecule has 12 heavy (non-hydrogen) atoms. The van der Waals surface area contributed by atoms with Crippen molar-refractivity contribution in [2.24, 2.45) is 5.73 Å². The van der Waals surface area contributed by atoms with Gasteiger partial charge in [0.25, 0.3) is 0 Å². The summed E-state index contributed by atoms with van der Waals surface area (Å²) in [6.45, 7) is 9.16. The number of rotatable bonds is 4. The van der Waals surface area contributed by atoms with Gasteiger partial charge < -0.3 is 11.1 Å². The standard InChI is InChI=1S/C4H11N.C3H9N3S/c1-3-5-4-2;1-2-5-6-3(4)7/h5H,3-4H2,1-2H3;5H,2H2,1H3,(H3,4,6,7). The Morgan fingerprint density at radius 2 is 1.67 bits per heavy atom. The zero-order valence-corrected chi connectivity index (χ0v) is 8.92. The lowest BCUT2D eigenvalue weighted by atomic mass is 10.7. The molecule has 0 atom stereocenters. The second kappa shape index (κ2) is 13.2. The third-order valence-corrected chi connectivity index (χ3v) is 0.990. The molecule has 0 unspecified atom stereocenters. The average Bonchev–Trinajstić information content (AvgIpc) is 2.03. The van der Waals surface area contributed by atoms with Crippen LogP contribution >= 0.6 is 12.2 Å². The van der Waals surface area contributed by atoms with Crippen LogP contribution in [0.1, 0.15) is 20.8 Å². The van der Waals surface area contributed by atoms with Gasteiger partial charge >= 0.3 is 0 Å². The van der Waals surface area contributed by atoms with E-state index in [2.05, 4.69) is 42.2 Å². The lowest BCUT2D eigenvalue weighted by Gasteiger charge is -1.99. The maximum Gasteiger partial charge on any atom is 0.178 e. The molecule has 0 rings (SSSR count). The summed E-state index contributed by atoms with van der Waals surface area (Å²) in [4.78, 5) is 0. The molecule has 4 nitrogen and oxygen atoms in total. The third-order valence-electron chi connectivity index (χ3n) is 0.888. The fraction of sp³-hybridized carbons (Fsp3) is 0.857. The molecule has 0 fully saturated rings. The Kier molecular flexibility index (Phi) is 15.6. The Morgan fingerprint density at radius 3 is 1.75 bits per heavy atom. The molecule has 0 aromatic heterocycles. The molecule has 0 saturated carbocycles. The Morgan fingerprint density at radius 1 is 1.17 bits per heavy atom. The lowest BCUT2D eigenvalue weighted by molar-refractivity contribution is 0.687. The summed E-state index contributed by atoms with van der Waals surface area (Å²) >= 11 is 4.47. The van der Waals surface area contributed by atoms with Gasteiger partial charge in [-0.2, -0.15) is 0 Å². The molecule has 5 heteroatoms. The van der Waals surface area contributed by atoms with Crippen LogP contribution in [0.4, 0.5) is 0 Å². The van der Waals surface area contributed by atoms with Crippen LogP contribution in [0, 0.1) is 0 Å². The van der Waals surface area contributed by atoms with Crippen LogP contribution in [-0.2, 0) is 0 Å². The zero-order valence-electron chi connectivity index (χ0n) is 8.11. The molecule has 0 saturated heterocycles. The Labute approximate surface area is 80.3 Å². The Bertz CT molecular complexity index is 95.4. The van der Waals surface area contributed by atoms with Crippen molar-refractivity contribution in [2.75, 3.05) is 19.6 Å². The van der Waals surface area contributed by atoms with E-state index in [1.807, 2.05) is 6.92 Å². The van der Waals surface area contributed by atoms with Crippen molar-refractivity contribution in [3.05, 3.63) is 0 Å². The monoisotopic (exact) mass is 192 g/mol. The highest BCUT2D eigenvalue weighted by molar-refractivity contribution is 7.80. The van der Waals surface area contributed by atoms with E-state index in [0.717, 1.165) is 19.6 Å². The van der Waals surface area contributed by atoms with Crippen LogP contribution in [0.3, 0.4) is 0 Å². The normalized spacial score (nSPS) is 8.25. The van der Waals surface area contributed by atoms with Crippen molar-refractivity contribution in [3.63, 3.8) is 0 Å². The van der Waals surface area contributed by atoms with Gasteiger partial charge in [-0.25, -0.2) is 5.43 Å². The minimum atomic E-state index is 0.279. The van der Waals surface area contributed by atoms with Crippen LogP contribution in [-0.4, -0.2) is 24.7 Å². The minimum Gasteiger partial charge on any atom is -0.375 e. The van der Waals surface area contributed by atoms with E-state index in [0.29, 0.717) is 0 Å². The molecule has 0 heterocycles. The largest absolute Gasteiger partial charge is 0.375 e. The van der Waals surface area contributed by atoms with Crippen LogP contribution in [0.2, 0.25) is 0 Å². The van der Waals surface area contributed by atoms with Gasteiger partial charge in [0.15, 0.2) is 5.11 Å².